The molecule has 8 heteroatoms. The number of halogens is 1. The molecule has 0 fully saturated rings. The summed E-state index contributed by atoms with van der Waals surface area (Å²) in [6, 6.07) is 11.9. The van der Waals surface area contributed by atoms with Crippen molar-refractivity contribution >= 4 is 40.5 Å². The van der Waals surface area contributed by atoms with Gasteiger partial charge in [-0.05, 0) is 49.4 Å². The van der Waals surface area contributed by atoms with Crippen molar-refractivity contribution in [3.63, 3.8) is 0 Å². The molecular weight excluding hydrogens is 380 g/mol. The highest BCUT2D eigenvalue weighted by Crippen LogP contribution is 2.28. The van der Waals surface area contributed by atoms with Gasteiger partial charge in [0.1, 0.15) is 17.3 Å². The fraction of sp³-hybridized carbons (Fsp3) is 0.100. The van der Waals surface area contributed by atoms with Crippen LogP contribution in [0.1, 0.15) is 27.8 Å². The topological polar surface area (TPSA) is 93.2 Å². The predicted octanol–water partition coefficient (Wildman–Crippen LogP) is 4.34. The Kier molecular flexibility index (Phi) is 5.86. The molecule has 2 N–H and O–H groups in total. The first-order chi connectivity index (χ1) is 13.5. The number of amides is 1. The van der Waals surface area contributed by atoms with Crippen molar-refractivity contribution in [1.29, 1.82) is 0 Å². The number of carbonyl (C=O) groups excluding carboxylic acids is 2. The van der Waals surface area contributed by atoms with Gasteiger partial charge in [-0.15, -0.1) is 0 Å². The lowest BCUT2D eigenvalue weighted by Crippen LogP contribution is -2.15. The molecule has 0 atom stereocenters. The Balaban J connectivity index is 1.69. The van der Waals surface area contributed by atoms with Gasteiger partial charge in [0, 0.05) is 16.3 Å². The number of nitrogens with one attached hydrogen (secondary N) is 2. The van der Waals surface area contributed by atoms with Crippen molar-refractivity contribution in [3.8, 4) is 5.75 Å². The summed E-state index contributed by atoms with van der Waals surface area (Å²) in [5.41, 5.74) is 1.95. The van der Waals surface area contributed by atoms with E-state index in [2.05, 4.69) is 20.6 Å². The van der Waals surface area contributed by atoms with Crippen LogP contribution in [0.4, 0.5) is 17.2 Å². The highest BCUT2D eigenvalue weighted by molar-refractivity contribution is 6.31. The zero-order chi connectivity index (χ0) is 20.1. The standard InChI is InChI=1S/C20H17ClN4O3/c1-12(26)13-3-6-15(7-4-13)24-19-11-22-17(10-23-19)20(27)25-16-9-14(21)5-8-18(16)28-2/h3-11H,1-2H3,(H,23,24)(H,25,27). The molecule has 1 aromatic heterocycles. The SMILES string of the molecule is COc1ccc(Cl)cc1NC(=O)c1cnc(Nc2ccc(C(C)=O)cc2)cn1. The molecule has 0 bridgehead atoms. The molecule has 0 aliphatic heterocycles. The molecule has 3 aromatic rings. The van der Waals surface area contributed by atoms with Crippen LogP contribution in [0.15, 0.2) is 54.9 Å². The molecule has 1 heterocycles. The number of carbonyl (C=O) groups is 2. The number of anilines is 3. The van der Waals surface area contributed by atoms with E-state index in [4.69, 9.17) is 16.3 Å². The molecule has 0 radical (unpaired) electrons. The molecule has 0 spiro atoms. The lowest BCUT2D eigenvalue weighted by atomic mass is 10.1. The lowest BCUT2D eigenvalue weighted by Gasteiger charge is -2.10. The average molecular weight is 397 g/mol. The molecule has 28 heavy (non-hydrogen) atoms. The first kappa shape index (κ1) is 19.3. The summed E-state index contributed by atoms with van der Waals surface area (Å²) in [7, 11) is 1.50. The van der Waals surface area contributed by atoms with Gasteiger partial charge >= 0.3 is 0 Å². The van der Waals surface area contributed by atoms with Gasteiger partial charge in [0.15, 0.2) is 5.78 Å². The highest BCUT2D eigenvalue weighted by atomic mass is 35.5. The molecule has 0 unspecified atom stereocenters. The van der Waals surface area contributed by atoms with Gasteiger partial charge in [0.25, 0.3) is 5.91 Å². The second-order valence-electron chi connectivity index (χ2n) is 5.84. The average Bonchev–Trinajstić information content (AvgIpc) is 2.69. The van der Waals surface area contributed by atoms with E-state index in [9.17, 15) is 9.59 Å². The fourth-order valence-corrected chi connectivity index (χ4v) is 2.58. The van der Waals surface area contributed by atoms with E-state index in [1.807, 2.05) is 0 Å². The van der Waals surface area contributed by atoms with Crippen LogP contribution >= 0.6 is 11.6 Å². The number of methoxy groups -OCH3 is 1. The number of nitrogens with zero attached hydrogens (tertiary/aromatic N) is 2. The van der Waals surface area contributed by atoms with Crippen LogP contribution < -0.4 is 15.4 Å². The summed E-state index contributed by atoms with van der Waals surface area (Å²) in [5, 5.41) is 6.23. The summed E-state index contributed by atoms with van der Waals surface area (Å²) in [4.78, 5) is 32.0. The van der Waals surface area contributed by atoms with Gasteiger partial charge < -0.3 is 15.4 Å². The van der Waals surface area contributed by atoms with E-state index >= 15 is 0 Å². The quantitative estimate of drug-likeness (QED) is 0.602. The molecule has 0 aliphatic rings. The number of ether oxygens (including phenoxy) is 1. The molecule has 7 nitrogen and oxygen atoms in total. The molecule has 2 aromatic carbocycles. The van der Waals surface area contributed by atoms with E-state index in [1.165, 1.54) is 26.4 Å². The molecule has 1 amide bonds. The van der Waals surface area contributed by atoms with E-state index in [1.54, 1.807) is 42.5 Å². The van der Waals surface area contributed by atoms with E-state index in [-0.39, 0.29) is 11.5 Å². The molecular formula is C20H17ClN4O3. The van der Waals surface area contributed by atoms with Crippen LogP contribution in [0.3, 0.4) is 0 Å². The van der Waals surface area contributed by atoms with Crippen LogP contribution in [-0.2, 0) is 0 Å². The summed E-state index contributed by atoms with van der Waals surface area (Å²) >= 11 is 5.97. The van der Waals surface area contributed by atoms with Crippen LogP contribution in [0.5, 0.6) is 5.75 Å². The first-order valence-electron chi connectivity index (χ1n) is 8.31. The number of benzene rings is 2. The third-order valence-electron chi connectivity index (χ3n) is 3.86. The zero-order valence-corrected chi connectivity index (χ0v) is 15.9. The van der Waals surface area contributed by atoms with Crippen molar-refractivity contribution in [2.75, 3.05) is 17.7 Å². The van der Waals surface area contributed by atoms with Crippen molar-refractivity contribution in [2.45, 2.75) is 6.92 Å². The minimum atomic E-state index is -0.439. The summed E-state index contributed by atoms with van der Waals surface area (Å²) in [5.74, 6) is 0.508. The van der Waals surface area contributed by atoms with E-state index in [0.29, 0.717) is 27.8 Å². The zero-order valence-electron chi connectivity index (χ0n) is 15.2. The summed E-state index contributed by atoms with van der Waals surface area (Å²) < 4.78 is 5.21. The number of hydrogen-bond donors (Lipinski definition) is 2. The Morgan fingerprint density at radius 2 is 1.79 bits per heavy atom. The normalized spacial score (nSPS) is 10.2. The number of ketones is 1. The van der Waals surface area contributed by atoms with Crippen LogP contribution in [0, 0.1) is 0 Å². The lowest BCUT2D eigenvalue weighted by molar-refractivity contribution is 0.101. The van der Waals surface area contributed by atoms with Gasteiger partial charge in [0.2, 0.25) is 0 Å². The number of rotatable bonds is 6. The molecule has 0 saturated carbocycles. The largest absolute Gasteiger partial charge is 0.495 e. The number of Topliss-reactive ketones (excluding diaryl/α,β-unsaturated/α-hetero) is 1. The van der Waals surface area contributed by atoms with Crippen LogP contribution in [-0.4, -0.2) is 28.8 Å². The van der Waals surface area contributed by atoms with Crippen molar-refractivity contribution < 1.29 is 14.3 Å². The Hall–Kier alpha value is -3.45. The van der Waals surface area contributed by atoms with Gasteiger partial charge in [0.05, 0.1) is 25.2 Å². The Bertz CT molecular complexity index is 1000. The van der Waals surface area contributed by atoms with E-state index in [0.717, 1.165) is 5.69 Å². The number of aromatic nitrogens is 2. The van der Waals surface area contributed by atoms with E-state index < -0.39 is 5.91 Å². The van der Waals surface area contributed by atoms with Crippen molar-refractivity contribution in [3.05, 3.63) is 71.1 Å². The Morgan fingerprint density at radius 1 is 1.04 bits per heavy atom. The third kappa shape index (κ3) is 4.63. The maximum atomic E-state index is 12.4. The molecule has 142 valence electrons. The summed E-state index contributed by atoms with van der Waals surface area (Å²) in [6.45, 7) is 1.51. The van der Waals surface area contributed by atoms with Gasteiger partial charge in [-0.1, -0.05) is 11.6 Å². The smallest absolute Gasteiger partial charge is 0.275 e. The van der Waals surface area contributed by atoms with Crippen LogP contribution in [0.25, 0.3) is 0 Å². The van der Waals surface area contributed by atoms with Gasteiger partial charge in [-0.3, -0.25) is 9.59 Å². The first-order valence-corrected chi connectivity index (χ1v) is 8.69. The highest BCUT2D eigenvalue weighted by Gasteiger charge is 2.12. The summed E-state index contributed by atoms with van der Waals surface area (Å²) in [6.07, 6.45) is 2.81. The minimum Gasteiger partial charge on any atom is -0.495 e. The third-order valence-corrected chi connectivity index (χ3v) is 4.09. The number of hydrogen-bond acceptors (Lipinski definition) is 6. The van der Waals surface area contributed by atoms with Crippen molar-refractivity contribution in [1.82, 2.24) is 9.97 Å². The maximum Gasteiger partial charge on any atom is 0.275 e. The molecule has 0 saturated heterocycles. The van der Waals surface area contributed by atoms with Crippen LogP contribution in [0.2, 0.25) is 5.02 Å². The van der Waals surface area contributed by atoms with Gasteiger partial charge in [-0.25, -0.2) is 9.97 Å². The molecule has 0 aliphatic carbocycles. The Morgan fingerprint density at radius 3 is 2.39 bits per heavy atom. The molecule has 3 rings (SSSR count). The van der Waals surface area contributed by atoms with Crippen molar-refractivity contribution in [2.24, 2.45) is 0 Å². The maximum absolute atomic E-state index is 12.4. The second kappa shape index (κ2) is 8.49. The van der Waals surface area contributed by atoms with Gasteiger partial charge in [-0.2, -0.15) is 0 Å². The minimum absolute atomic E-state index is 0.00181. The predicted molar refractivity (Wildman–Crippen MR) is 108 cm³/mol. The Labute approximate surface area is 166 Å². The monoisotopic (exact) mass is 396 g/mol. The second-order valence-corrected chi connectivity index (χ2v) is 6.28. The fourth-order valence-electron chi connectivity index (χ4n) is 2.41.